The van der Waals surface area contributed by atoms with E-state index >= 15 is 0 Å². The number of halogens is 1. The average Bonchev–Trinajstić information content (AvgIpc) is 2.46. The average molecular weight is 184 g/mol. The molecule has 2 rings (SSSR count). The summed E-state index contributed by atoms with van der Waals surface area (Å²) in [5.41, 5.74) is 1.34. The van der Waals surface area contributed by atoms with Crippen LogP contribution in [0.2, 0.25) is 0 Å². The van der Waals surface area contributed by atoms with Gasteiger partial charge in [0.05, 0.1) is 0 Å². The number of amides is 1. The van der Waals surface area contributed by atoms with E-state index < -0.39 is 0 Å². The second-order valence-electron chi connectivity index (χ2n) is 3.24. The molecule has 0 saturated carbocycles. The van der Waals surface area contributed by atoms with Gasteiger partial charge >= 0.3 is 5.37 Å². The Bertz CT molecular complexity index is 270. The molecule has 2 aliphatic rings. The Balaban J connectivity index is 2.12. The number of nitrogens with zero attached hydrogens (tertiary/aromatic N) is 1. The topological polar surface area (TPSA) is 20.3 Å². The number of likely N-dealkylation sites (tertiary alicyclic amines) is 1. The van der Waals surface area contributed by atoms with E-state index in [0.29, 0.717) is 5.92 Å². The first-order valence-electron chi connectivity index (χ1n) is 4.07. The molecule has 2 nitrogen and oxygen atoms in total. The zero-order chi connectivity index (χ0) is 8.55. The number of carbonyl (C=O) groups is 1. The van der Waals surface area contributed by atoms with Gasteiger partial charge in [0, 0.05) is 19.0 Å². The highest BCUT2D eigenvalue weighted by Crippen LogP contribution is 2.29. The number of hydrogen-bond acceptors (Lipinski definition) is 1. The molecule has 0 aromatic rings. The van der Waals surface area contributed by atoms with Crippen LogP contribution in [-0.2, 0) is 0 Å². The van der Waals surface area contributed by atoms with Gasteiger partial charge in [-0.25, -0.2) is 0 Å². The van der Waals surface area contributed by atoms with Crippen molar-refractivity contribution in [2.75, 3.05) is 13.1 Å². The van der Waals surface area contributed by atoms with Crippen molar-refractivity contribution in [2.24, 2.45) is 5.92 Å². The quantitative estimate of drug-likeness (QED) is 0.416. The first kappa shape index (κ1) is 7.87. The molecule has 1 aliphatic heterocycles. The van der Waals surface area contributed by atoms with Crippen molar-refractivity contribution in [3.63, 3.8) is 0 Å². The van der Waals surface area contributed by atoms with Gasteiger partial charge in [-0.05, 0) is 23.6 Å². The summed E-state index contributed by atoms with van der Waals surface area (Å²) in [6.45, 7) is 1.51. The fourth-order valence-corrected chi connectivity index (χ4v) is 1.91. The number of hydrogen-bond donors (Lipinski definition) is 0. The summed E-state index contributed by atoms with van der Waals surface area (Å²) in [6.07, 6.45) is 7.32. The first-order valence-corrected chi connectivity index (χ1v) is 4.45. The van der Waals surface area contributed by atoms with E-state index in [1.54, 1.807) is 4.90 Å². The van der Waals surface area contributed by atoms with Crippen molar-refractivity contribution in [1.82, 2.24) is 4.90 Å². The SMILES string of the molecule is O=C(Cl)N1CC2=CC=CCC2C1. The maximum atomic E-state index is 10.8. The van der Waals surface area contributed by atoms with Gasteiger partial charge in [-0.1, -0.05) is 18.2 Å². The van der Waals surface area contributed by atoms with Gasteiger partial charge in [-0.3, -0.25) is 4.79 Å². The zero-order valence-electron chi connectivity index (χ0n) is 6.66. The fraction of sp³-hybridized carbons (Fsp3) is 0.444. The summed E-state index contributed by atoms with van der Waals surface area (Å²) in [4.78, 5) is 12.5. The molecule has 0 N–H and O–H groups in total. The van der Waals surface area contributed by atoms with Crippen LogP contribution in [0.1, 0.15) is 6.42 Å². The number of fused-ring (bicyclic) bond motifs is 1. The van der Waals surface area contributed by atoms with E-state index in [9.17, 15) is 4.79 Å². The molecule has 0 bridgehead atoms. The zero-order valence-corrected chi connectivity index (χ0v) is 7.42. The largest absolute Gasteiger partial charge is 0.325 e. The van der Waals surface area contributed by atoms with Crippen LogP contribution in [0.15, 0.2) is 23.8 Å². The van der Waals surface area contributed by atoms with Crippen LogP contribution in [0.25, 0.3) is 0 Å². The predicted octanol–water partition coefficient (Wildman–Crippen LogP) is 2.16. The Morgan fingerprint density at radius 3 is 3.17 bits per heavy atom. The van der Waals surface area contributed by atoms with Crippen LogP contribution in [0.5, 0.6) is 0 Å². The van der Waals surface area contributed by atoms with Crippen molar-refractivity contribution >= 4 is 17.0 Å². The molecule has 1 atom stereocenters. The number of carbonyl (C=O) groups excluding carboxylic acids is 1. The lowest BCUT2D eigenvalue weighted by Crippen LogP contribution is -2.22. The van der Waals surface area contributed by atoms with Crippen LogP contribution in [0.3, 0.4) is 0 Å². The molecule has 1 amide bonds. The molecule has 0 spiro atoms. The minimum absolute atomic E-state index is 0.328. The summed E-state index contributed by atoms with van der Waals surface area (Å²) in [7, 11) is 0. The monoisotopic (exact) mass is 183 g/mol. The van der Waals surface area contributed by atoms with Crippen LogP contribution >= 0.6 is 11.6 Å². The van der Waals surface area contributed by atoms with Crippen molar-refractivity contribution in [3.8, 4) is 0 Å². The van der Waals surface area contributed by atoms with Crippen molar-refractivity contribution in [3.05, 3.63) is 23.8 Å². The molecule has 0 aromatic heterocycles. The van der Waals surface area contributed by atoms with Crippen molar-refractivity contribution in [1.29, 1.82) is 0 Å². The van der Waals surface area contributed by atoms with Crippen LogP contribution < -0.4 is 0 Å². The molecule has 1 unspecified atom stereocenters. The smallest absolute Gasteiger partial charge is 0.316 e. The van der Waals surface area contributed by atoms with E-state index in [-0.39, 0.29) is 5.37 Å². The Morgan fingerprint density at radius 2 is 2.50 bits per heavy atom. The van der Waals surface area contributed by atoms with E-state index in [1.807, 2.05) is 6.08 Å². The predicted molar refractivity (Wildman–Crippen MR) is 48.2 cm³/mol. The lowest BCUT2D eigenvalue weighted by atomic mass is 9.95. The highest BCUT2D eigenvalue weighted by molar-refractivity contribution is 6.62. The van der Waals surface area contributed by atoms with E-state index in [1.165, 1.54) is 5.57 Å². The van der Waals surface area contributed by atoms with Gasteiger partial charge in [-0.15, -0.1) is 0 Å². The summed E-state index contributed by atoms with van der Waals surface area (Å²) in [5, 5.41) is -0.328. The molecular formula is C9H10ClNO. The molecule has 0 radical (unpaired) electrons. The first-order chi connectivity index (χ1) is 5.77. The summed E-state index contributed by atoms with van der Waals surface area (Å²) < 4.78 is 0. The van der Waals surface area contributed by atoms with Crippen LogP contribution in [0, 0.1) is 5.92 Å². The van der Waals surface area contributed by atoms with Gasteiger partial charge in [0.25, 0.3) is 0 Å². The second kappa shape index (κ2) is 2.94. The van der Waals surface area contributed by atoms with Crippen LogP contribution in [-0.4, -0.2) is 23.4 Å². The Hall–Kier alpha value is -0.760. The third-order valence-electron chi connectivity index (χ3n) is 2.45. The van der Waals surface area contributed by atoms with Gasteiger partial charge in [-0.2, -0.15) is 0 Å². The van der Waals surface area contributed by atoms with Gasteiger partial charge < -0.3 is 4.90 Å². The summed E-state index contributed by atoms with van der Waals surface area (Å²) >= 11 is 5.39. The highest BCUT2D eigenvalue weighted by atomic mass is 35.5. The molecular weight excluding hydrogens is 174 g/mol. The summed E-state index contributed by atoms with van der Waals surface area (Å²) in [6, 6.07) is 0. The molecule has 1 aliphatic carbocycles. The molecule has 12 heavy (non-hydrogen) atoms. The highest BCUT2D eigenvalue weighted by Gasteiger charge is 2.29. The second-order valence-corrected chi connectivity index (χ2v) is 3.56. The maximum absolute atomic E-state index is 10.8. The molecule has 3 heteroatoms. The minimum Gasteiger partial charge on any atom is -0.325 e. The lowest BCUT2D eigenvalue weighted by Gasteiger charge is -2.11. The maximum Gasteiger partial charge on any atom is 0.316 e. The molecule has 64 valence electrons. The van der Waals surface area contributed by atoms with Gasteiger partial charge in [0.2, 0.25) is 0 Å². The molecule has 0 aromatic carbocycles. The lowest BCUT2D eigenvalue weighted by molar-refractivity contribution is 0.231. The Morgan fingerprint density at radius 1 is 1.67 bits per heavy atom. The normalized spacial score (nSPS) is 26.9. The van der Waals surface area contributed by atoms with Gasteiger partial charge in [0.1, 0.15) is 0 Å². The molecule has 1 heterocycles. The van der Waals surface area contributed by atoms with Crippen molar-refractivity contribution < 1.29 is 4.79 Å². The van der Waals surface area contributed by atoms with E-state index in [2.05, 4.69) is 12.2 Å². The summed E-state index contributed by atoms with van der Waals surface area (Å²) in [5.74, 6) is 0.526. The standard InChI is InChI=1S/C9H10ClNO/c10-9(12)11-5-7-3-1-2-4-8(7)6-11/h1-3,8H,4-6H2. The third kappa shape index (κ3) is 1.27. The fourth-order valence-electron chi connectivity index (χ4n) is 1.78. The Labute approximate surface area is 76.5 Å². The molecule has 1 saturated heterocycles. The van der Waals surface area contributed by atoms with Gasteiger partial charge in [0.15, 0.2) is 0 Å². The minimum atomic E-state index is -0.328. The number of rotatable bonds is 0. The third-order valence-corrected chi connectivity index (χ3v) is 2.69. The molecule has 1 fully saturated rings. The van der Waals surface area contributed by atoms with E-state index in [0.717, 1.165) is 19.5 Å². The Kier molecular flexibility index (Phi) is 1.93. The van der Waals surface area contributed by atoms with Crippen molar-refractivity contribution in [2.45, 2.75) is 6.42 Å². The van der Waals surface area contributed by atoms with Crippen LogP contribution in [0.4, 0.5) is 4.79 Å². The number of allylic oxidation sites excluding steroid dienone is 3. The van der Waals surface area contributed by atoms with E-state index in [4.69, 9.17) is 11.6 Å².